The second kappa shape index (κ2) is 11.5. The van der Waals surface area contributed by atoms with Crippen LogP contribution in [0.3, 0.4) is 0 Å². The Morgan fingerprint density at radius 2 is 1.80 bits per heavy atom. The van der Waals surface area contributed by atoms with E-state index in [1.165, 1.54) is 12.0 Å². The van der Waals surface area contributed by atoms with Crippen molar-refractivity contribution in [2.45, 2.75) is 45.8 Å². The third kappa shape index (κ3) is 6.66. The van der Waals surface area contributed by atoms with Crippen LogP contribution in [-0.4, -0.2) is 42.5 Å². The highest BCUT2D eigenvalue weighted by atomic mass is 35.5. The van der Waals surface area contributed by atoms with Crippen molar-refractivity contribution in [3.05, 3.63) is 59.1 Å². The number of para-hydroxylation sites is 2. The molecule has 0 radical (unpaired) electrons. The minimum atomic E-state index is -0.674. The van der Waals surface area contributed by atoms with Crippen LogP contribution in [0, 0.1) is 0 Å². The molecule has 0 bridgehead atoms. The Morgan fingerprint density at radius 1 is 1.10 bits per heavy atom. The summed E-state index contributed by atoms with van der Waals surface area (Å²) in [5.41, 5.74) is 0.830. The van der Waals surface area contributed by atoms with Crippen molar-refractivity contribution in [3.8, 4) is 11.5 Å². The van der Waals surface area contributed by atoms with E-state index in [1.54, 1.807) is 37.3 Å². The summed E-state index contributed by atoms with van der Waals surface area (Å²) in [5, 5.41) is 3.51. The quantitative estimate of drug-likeness (QED) is 0.614. The van der Waals surface area contributed by atoms with Gasteiger partial charge in [-0.25, -0.2) is 0 Å². The van der Waals surface area contributed by atoms with E-state index in [0.717, 1.165) is 12.0 Å². The number of amides is 2. The molecule has 0 aliphatic rings. The number of halogens is 1. The van der Waals surface area contributed by atoms with Crippen LogP contribution in [0.1, 0.15) is 32.8 Å². The first-order valence-electron chi connectivity index (χ1n) is 9.95. The van der Waals surface area contributed by atoms with Crippen molar-refractivity contribution in [1.29, 1.82) is 0 Å². The number of nitrogens with zero attached hydrogens (tertiary/aromatic N) is 1. The molecular weight excluding hydrogens is 404 g/mol. The van der Waals surface area contributed by atoms with E-state index in [4.69, 9.17) is 21.1 Å². The maximum Gasteiger partial charge on any atom is 0.261 e. The van der Waals surface area contributed by atoms with Crippen LogP contribution in [0.5, 0.6) is 11.5 Å². The lowest BCUT2D eigenvalue weighted by Crippen LogP contribution is -2.50. The monoisotopic (exact) mass is 432 g/mol. The molecule has 7 heteroatoms. The van der Waals surface area contributed by atoms with E-state index in [9.17, 15) is 9.59 Å². The normalized spacial score (nSPS) is 12.6. The SMILES string of the molecule is CC[C@H](C)NC(=O)[C@H](C)N(Cc1cccc(Cl)c1)C(=O)COc1ccccc1OC. The molecule has 0 aromatic heterocycles. The Bertz CT molecular complexity index is 859. The van der Waals surface area contributed by atoms with Gasteiger partial charge >= 0.3 is 0 Å². The first kappa shape index (κ1) is 23.5. The smallest absolute Gasteiger partial charge is 0.261 e. The first-order valence-corrected chi connectivity index (χ1v) is 10.3. The molecule has 0 aliphatic carbocycles. The number of benzene rings is 2. The van der Waals surface area contributed by atoms with Crippen LogP contribution in [0.15, 0.2) is 48.5 Å². The lowest BCUT2D eigenvalue weighted by Gasteiger charge is -2.29. The number of ether oxygens (including phenoxy) is 2. The molecule has 2 aromatic rings. The molecule has 0 heterocycles. The van der Waals surface area contributed by atoms with Gasteiger partial charge in [-0.3, -0.25) is 9.59 Å². The summed E-state index contributed by atoms with van der Waals surface area (Å²) in [5.74, 6) is 0.478. The fraction of sp³-hybridized carbons (Fsp3) is 0.391. The fourth-order valence-electron chi connectivity index (χ4n) is 2.84. The average Bonchev–Trinajstić information content (AvgIpc) is 2.75. The van der Waals surface area contributed by atoms with Crippen LogP contribution < -0.4 is 14.8 Å². The zero-order chi connectivity index (χ0) is 22.1. The minimum absolute atomic E-state index is 0.0212. The predicted molar refractivity (Wildman–Crippen MR) is 118 cm³/mol. The summed E-state index contributed by atoms with van der Waals surface area (Å²) in [6, 6.07) is 13.7. The van der Waals surface area contributed by atoms with E-state index in [2.05, 4.69) is 5.32 Å². The lowest BCUT2D eigenvalue weighted by molar-refractivity contribution is -0.142. The summed E-state index contributed by atoms with van der Waals surface area (Å²) in [7, 11) is 1.54. The third-order valence-corrected chi connectivity index (χ3v) is 5.07. The lowest BCUT2D eigenvalue weighted by atomic mass is 10.1. The second-order valence-corrected chi connectivity index (χ2v) is 7.52. The molecule has 1 N–H and O–H groups in total. The molecule has 30 heavy (non-hydrogen) atoms. The maximum absolute atomic E-state index is 13.1. The molecule has 2 atom stereocenters. The molecule has 6 nitrogen and oxygen atoms in total. The number of nitrogens with one attached hydrogen (secondary N) is 1. The topological polar surface area (TPSA) is 67.9 Å². The number of rotatable bonds is 10. The highest BCUT2D eigenvalue weighted by Gasteiger charge is 2.27. The van der Waals surface area contributed by atoms with Gasteiger partial charge in [0.2, 0.25) is 5.91 Å². The zero-order valence-corrected chi connectivity index (χ0v) is 18.6. The summed E-state index contributed by atoms with van der Waals surface area (Å²) < 4.78 is 11.0. The van der Waals surface area contributed by atoms with E-state index in [-0.39, 0.29) is 31.0 Å². The molecule has 0 aliphatic heterocycles. The van der Waals surface area contributed by atoms with Crippen molar-refractivity contribution in [2.24, 2.45) is 0 Å². The van der Waals surface area contributed by atoms with Crippen LogP contribution >= 0.6 is 11.6 Å². The minimum Gasteiger partial charge on any atom is -0.493 e. The number of hydrogen-bond acceptors (Lipinski definition) is 4. The van der Waals surface area contributed by atoms with E-state index < -0.39 is 6.04 Å². The van der Waals surface area contributed by atoms with Crippen molar-refractivity contribution in [2.75, 3.05) is 13.7 Å². The van der Waals surface area contributed by atoms with Crippen LogP contribution in [0.4, 0.5) is 0 Å². The summed E-state index contributed by atoms with van der Waals surface area (Å²) in [6.07, 6.45) is 0.803. The van der Waals surface area contributed by atoms with Gasteiger partial charge in [-0.05, 0) is 50.1 Å². The van der Waals surface area contributed by atoms with Gasteiger partial charge in [0.1, 0.15) is 6.04 Å². The van der Waals surface area contributed by atoms with Crippen molar-refractivity contribution in [1.82, 2.24) is 10.2 Å². The first-order chi connectivity index (χ1) is 14.3. The van der Waals surface area contributed by atoms with Crippen molar-refractivity contribution >= 4 is 23.4 Å². The Hall–Kier alpha value is -2.73. The molecule has 0 unspecified atom stereocenters. The van der Waals surface area contributed by atoms with Crippen molar-refractivity contribution in [3.63, 3.8) is 0 Å². The average molecular weight is 433 g/mol. The molecular formula is C23H29ClN2O4. The zero-order valence-electron chi connectivity index (χ0n) is 17.9. The Balaban J connectivity index is 2.18. The van der Waals surface area contributed by atoms with Gasteiger partial charge in [0.05, 0.1) is 7.11 Å². The second-order valence-electron chi connectivity index (χ2n) is 7.08. The standard InChI is InChI=1S/C23H29ClN2O4/c1-5-16(2)25-23(28)17(3)26(14-18-9-8-10-19(24)13-18)22(27)15-30-21-12-7-6-11-20(21)29-4/h6-13,16-17H,5,14-15H2,1-4H3,(H,25,28)/t16-,17-/m0/s1. The van der Waals surface area contributed by atoms with Gasteiger partial charge < -0.3 is 19.7 Å². The number of carbonyl (C=O) groups excluding carboxylic acids is 2. The summed E-state index contributed by atoms with van der Waals surface area (Å²) in [4.78, 5) is 27.3. The molecule has 0 fully saturated rings. The van der Waals surface area contributed by atoms with Crippen LogP contribution in [0.25, 0.3) is 0 Å². The predicted octanol–water partition coefficient (Wildman–Crippen LogP) is 4.06. The molecule has 2 rings (SSSR count). The number of hydrogen-bond donors (Lipinski definition) is 1. The molecule has 0 spiro atoms. The summed E-state index contributed by atoms with van der Waals surface area (Å²) >= 11 is 6.09. The highest BCUT2D eigenvalue weighted by Crippen LogP contribution is 2.26. The number of methoxy groups -OCH3 is 1. The maximum atomic E-state index is 13.1. The molecule has 162 valence electrons. The van der Waals surface area contributed by atoms with Gasteiger partial charge in [-0.1, -0.05) is 42.8 Å². The van der Waals surface area contributed by atoms with Crippen LogP contribution in [0.2, 0.25) is 5.02 Å². The summed E-state index contributed by atoms with van der Waals surface area (Å²) in [6.45, 7) is 5.65. The number of carbonyl (C=O) groups is 2. The third-order valence-electron chi connectivity index (χ3n) is 4.83. The highest BCUT2D eigenvalue weighted by molar-refractivity contribution is 6.30. The van der Waals surface area contributed by atoms with E-state index in [0.29, 0.717) is 16.5 Å². The van der Waals surface area contributed by atoms with Gasteiger partial charge in [0, 0.05) is 17.6 Å². The van der Waals surface area contributed by atoms with E-state index >= 15 is 0 Å². The van der Waals surface area contributed by atoms with Gasteiger partial charge in [-0.15, -0.1) is 0 Å². The molecule has 2 amide bonds. The van der Waals surface area contributed by atoms with Gasteiger partial charge in [0.25, 0.3) is 5.91 Å². The van der Waals surface area contributed by atoms with Gasteiger partial charge in [-0.2, -0.15) is 0 Å². The van der Waals surface area contributed by atoms with Crippen LogP contribution in [-0.2, 0) is 16.1 Å². The largest absolute Gasteiger partial charge is 0.493 e. The molecule has 2 aromatic carbocycles. The molecule has 0 saturated carbocycles. The van der Waals surface area contributed by atoms with E-state index in [1.807, 2.05) is 32.0 Å². The fourth-order valence-corrected chi connectivity index (χ4v) is 3.05. The Kier molecular flexibility index (Phi) is 8.99. The van der Waals surface area contributed by atoms with Crippen molar-refractivity contribution < 1.29 is 19.1 Å². The Morgan fingerprint density at radius 3 is 2.43 bits per heavy atom. The van der Waals surface area contributed by atoms with Gasteiger partial charge in [0.15, 0.2) is 18.1 Å². The Labute approximate surface area is 183 Å². The molecule has 0 saturated heterocycles.